The molecule has 0 aliphatic rings. The molecule has 0 saturated heterocycles. The molecule has 4 aromatic carbocycles. The third-order valence-electron chi connectivity index (χ3n) is 9.36. The van der Waals surface area contributed by atoms with Gasteiger partial charge < -0.3 is 15.2 Å². The van der Waals surface area contributed by atoms with Crippen LogP contribution in [0.25, 0.3) is 27.5 Å². The second kappa shape index (κ2) is 12.9. The van der Waals surface area contributed by atoms with Crippen molar-refractivity contribution in [1.29, 1.82) is 0 Å². The predicted octanol–water partition coefficient (Wildman–Crippen LogP) is 8.55. The number of phenolic OH excluding ortho intramolecular Hbond substituents is 1. The van der Waals surface area contributed by atoms with Crippen LogP contribution in [-0.4, -0.2) is 39.2 Å². The summed E-state index contributed by atoms with van der Waals surface area (Å²) >= 11 is 0. The fraction of sp³-hybridized carbons (Fsp3) is 0.395. The first-order chi connectivity index (χ1) is 21.4. The summed E-state index contributed by atoms with van der Waals surface area (Å²) in [5, 5.41) is 24.7. The zero-order chi connectivity index (χ0) is 32.4. The predicted molar refractivity (Wildman–Crippen MR) is 183 cm³/mol. The number of phenols is 1. The van der Waals surface area contributed by atoms with Crippen molar-refractivity contribution in [2.45, 2.75) is 85.0 Å². The molecule has 1 amide bonds. The van der Waals surface area contributed by atoms with Crippen molar-refractivity contribution in [3.8, 4) is 17.2 Å². The average molecular weight is 607 g/mol. The summed E-state index contributed by atoms with van der Waals surface area (Å²) in [6.07, 6.45) is 3.61. The average Bonchev–Trinajstić information content (AvgIpc) is 3.45. The number of carbonyl (C=O) groups excluding carboxylic acids is 1. The van der Waals surface area contributed by atoms with E-state index in [4.69, 9.17) is 4.74 Å². The Hall–Kier alpha value is -4.39. The Morgan fingerprint density at radius 3 is 2.31 bits per heavy atom. The molecule has 2 N–H and O–H groups in total. The van der Waals surface area contributed by atoms with Crippen molar-refractivity contribution in [2.75, 3.05) is 13.2 Å². The monoisotopic (exact) mass is 606 g/mol. The van der Waals surface area contributed by atoms with Gasteiger partial charge in [0, 0.05) is 22.9 Å². The Bertz CT molecular complexity index is 1840. The van der Waals surface area contributed by atoms with Crippen LogP contribution in [0.1, 0.15) is 94.3 Å². The fourth-order valence-electron chi connectivity index (χ4n) is 5.52. The molecule has 1 aromatic heterocycles. The summed E-state index contributed by atoms with van der Waals surface area (Å²) in [5.41, 5.74) is 6.14. The van der Waals surface area contributed by atoms with E-state index in [2.05, 4.69) is 75.3 Å². The first-order valence-corrected chi connectivity index (χ1v) is 16.1. The van der Waals surface area contributed by atoms with E-state index in [-0.39, 0.29) is 28.1 Å². The van der Waals surface area contributed by atoms with E-state index in [1.807, 2.05) is 43.3 Å². The number of carbonyl (C=O) groups is 1. The summed E-state index contributed by atoms with van der Waals surface area (Å²) in [5.74, 6) is 0.544. The smallest absolute Gasteiger partial charge is 0.255 e. The van der Waals surface area contributed by atoms with E-state index in [1.165, 1.54) is 11.1 Å². The highest BCUT2D eigenvalue weighted by Crippen LogP contribution is 2.39. The van der Waals surface area contributed by atoms with Crippen LogP contribution >= 0.6 is 0 Å². The lowest BCUT2D eigenvalue weighted by atomic mass is 9.76. The molecule has 7 heteroatoms. The number of aryl methyl sites for hydroxylation is 1. The van der Waals surface area contributed by atoms with Gasteiger partial charge in [-0.05, 0) is 78.8 Å². The Balaban J connectivity index is 1.26. The van der Waals surface area contributed by atoms with Crippen molar-refractivity contribution in [2.24, 2.45) is 0 Å². The first-order valence-electron chi connectivity index (χ1n) is 16.1. The zero-order valence-corrected chi connectivity index (χ0v) is 27.7. The molecule has 5 aromatic rings. The molecule has 0 unspecified atom stereocenters. The highest BCUT2D eigenvalue weighted by Gasteiger charge is 2.26. The molecule has 0 radical (unpaired) electrons. The minimum Gasteiger partial charge on any atom is -0.506 e. The lowest BCUT2D eigenvalue weighted by molar-refractivity contribution is 0.0950. The van der Waals surface area contributed by atoms with Crippen LogP contribution < -0.4 is 10.1 Å². The fourth-order valence-corrected chi connectivity index (χ4v) is 5.52. The van der Waals surface area contributed by atoms with Crippen LogP contribution in [0.4, 0.5) is 0 Å². The summed E-state index contributed by atoms with van der Waals surface area (Å²) in [7, 11) is 0. The molecule has 0 aliphatic carbocycles. The van der Waals surface area contributed by atoms with Crippen LogP contribution in [0, 0.1) is 6.92 Å². The van der Waals surface area contributed by atoms with Crippen LogP contribution in [0.3, 0.4) is 0 Å². The van der Waals surface area contributed by atoms with Crippen LogP contribution in [0.2, 0.25) is 0 Å². The maximum Gasteiger partial charge on any atom is 0.255 e. The summed E-state index contributed by atoms with van der Waals surface area (Å²) < 4.78 is 6.31. The molecular weight excluding hydrogens is 560 g/mol. The molecule has 236 valence electrons. The van der Waals surface area contributed by atoms with Gasteiger partial charge in [0.15, 0.2) is 0 Å². The van der Waals surface area contributed by atoms with Gasteiger partial charge in [0.1, 0.15) is 22.5 Å². The molecule has 1 heterocycles. The van der Waals surface area contributed by atoms with Crippen molar-refractivity contribution in [3.63, 3.8) is 0 Å². The van der Waals surface area contributed by atoms with E-state index < -0.39 is 0 Å². The van der Waals surface area contributed by atoms with Crippen LogP contribution in [-0.2, 0) is 10.8 Å². The zero-order valence-electron chi connectivity index (χ0n) is 27.7. The summed E-state index contributed by atoms with van der Waals surface area (Å²) in [6.45, 7) is 16.6. The topological polar surface area (TPSA) is 89.3 Å². The third kappa shape index (κ3) is 6.68. The van der Waals surface area contributed by atoms with E-state index in [0.717, 1.165) is 53.4 Å². The number of rotatable bonds is 12. The third-order valence-corrected chi connectivity index (χ3v) is 9.36. The largest absolute Gasteiger partial charge is 0.506 e. The van der Waals surface area contributed by atoms with Gasteiger partial charge in [-0.3, -0.25) is 4.79 Å². The lowest BCUT2D eigenvalue weighted by Gasteiger charge is -2.30. The van der Waals surface area contributed by atoms with Gasteiger partial charge in [-0.25, -0.2) is 0 Å². The maximum atomic E-state index is 13.3. The van der Waals surface area contributed by atoms with E-state index >= 15 is 0 Å². The highest BCUT2D eigenvalue weighted by atomic mass is 16.5. The van der Waals surface area contributed by atoms with Crippen molar-refractivity contribution >= 4 is 27.7 Å². The molecule has 0 saturated carbocycles. The molecule has 0 aliphatic heterocycles. The lowest BCUT2D eigenvalue weighted by Crippen LogP contribution is -2.25. The van der Waals surface area contributed by atoms with Gasteiger partial charge in [0.05, 0.1) is 17.9 Å². The van der Waals surface area contributed by atoms with Gasteiger partial charge in [-0.2, -0.15) is 0 Å². The minimum absolute atomic E-state index is 0.00120. The van der Waals surface area contributed by atoms with Gasteiger partial charge in [0.2, 0.25) is 0 Å². The number of aromatic hydroxyl groups is 1. The highest BCUT2D eigenvalue weighted by molar-refractivity contribution is 6.06. The van der Waals surface area contributed by atoms with E-state index in [0.29, 0.717) is 24.2 Å². The molecular formula is C38H46N4O3. The van der Waals surface area contributed by atoms with E-state index in [9.17, 15) is 9.90 Å². The van der Waals surface area contributed by atoms with Crippen molar-refractivity contribution in [1.82, 2.24) is 20.3 Å². The Kier molecular flexibility index (Phi) is 9.19. The molecule has 0 spiro atoms. The number of benzene rings is 4. The number of nitrogens with one attached hydrogen (secondary N) is 1. The Morgan fingerprint density at radius 1 is 0.867 bits per heavy atom. The number of hydrogen-bond donors (Lipinski definition) is 2. The molecule has 0 atom stereocenters. The maximum absolute atomic E-state index is 13.3. The second-order valence-corrected chi connectivity index (χ2v) is 13.3. The standard InChI is InChI=1S/C38H46N4O3/c1-8-37(4,5)26-17-19-34(30(23-26)38(6,7)9-2)45-21-13-12-20-39-36(44)29-24-33(27-14-10-11-15-28(27)35(29)43)42-40-31-18-16-25(3)22-32(31)41-42/h10-11,14-19,22-24,43H,8-9,12-13,20-21H2,1-7H3,(H,39,44). The second-order valence-electron chi connectivity index (χ2n) is 13.3. The van der Waals surface area contributed by atoms with Gasteiger partial charge >= 0.3 is 0 Å². The molecule has 0 fully saturated rings. The van der Waals surface area contributed by atoms with Crippen LogP contribution in [0.5, 0.6) is 11.5 Å². The number of ether oxygens (including phenoxy) is 1. The van der Waals surface area contributed by atoms with Crippen molar-refractivity contribution < 1.29 is 14.6 Å². The molecule has 45 heavy (non-hydrogen) atoms. The summed E-state index contributed by atoms with van der Waals surface area (Å²) in [4.78, 5) is 14.9. The number of amides is 1. The number of unbranched alkanes of at least 4 members (excludes halogenated alkanes) is 1. The Morgan fingerprint density at radius 2 is 1.58 bits per heavy atom. The van der Waals surface area contributed by atoms with Crippen LogP contribution in [0.15, 0.2) is 66.7 Å². The van der Waals surface area contributed by atoms with E-state index in [1.54, 1.807) is 16.9 Å². The quantitative estimate of drug-likeness (QED) is 0.139. The SMILES string of the molecule is CCC(C)(C)c1ccc(OCCCCNC(=O)c2cc(-n3nc4ccc(C)cc4n3)c3ccccc3c2O)c(C(C)(C)CC)c1. The molecule has 0 bridgehead atoms. The minimum atomic E-state index is -0.339. The summed E-state index contributed by atoms with van der Waals surface area (Å²) in [6, 6.07) is 21.7. The number of fused-ring (bicyclic) bond motifs is 2. The number of nitrogens with zero attached hydrogens (tertiary/aromatic N) is 3. The van der Waals surface area contributed by atoms with Gasteiger partial charge in [0.25, 0.3) is 5.91 Å². The van der Waals surface area contributed by atoms with Gasteiger partial charge in [-0.1, -0.05) is 84.0 Å². The van der Waals surface area contributed by atoms with Crippen molar-refractivity contribution in [3.05, 3.63) is 89.0 Å². The van der Waals surface area contributed by atoms with Gasteiger partial charge in [-0.15, -0.1) is 15.0 Å². The molecule has 7 nitrogen and oxygen atoms in total. The number of hydrogen-bond acceptors (Lipinski definition) is 5. The molecule has 5 rings (SSSR count). The first kappa shape index (κ1) is 32.0. The number of aromatic nitrogens is 3. The normalized spacial score (nSPS) is 12.2. The Labute approximate surface area is 266 Å².